The fourth-order valence-electron chi connectivity index (χ4n) is 4.69. The Morgan fingerprint density at radius 3 is 2.82 bits per heavy atom. The van der Waals surface area contributed by atoms with E-state index in [2.05, 4.69) is 25.4 Å². The summed E-state index contributed by atoms with van der Waals surface area (Å²) in [5, 5.41) is 17.1. The number of nitrogens with one attached hydrogen (secondary N) is 1. The van der Waals surface area contributed by atoms with Gasteiger partial charge in [-0.05, 0) is 24.1 Å². The quantitative estimate of drug-likeness (QED) is 0.307. The van der Waals surface area contributed by atoms with Gasteiger partial charge in [0.25, 0.3) is 0 Å². The molecule has 39 heavy (non-hydrogen) atoms. The molecular formula is C25H22ClF3N8O2. The normalized spacial score (nSPS) is 16.4. The van der Waals surface area contributed by atoms with Crippen LogP contribution < -0.4 is 10.1 Å². The Bertz CT molecular complexity index is 1690. The zero-order valence-electron chi connectivity index (χ0n) is 20.5. The van der Waals surface area contributed by atoms with Crippen molar-refractivity contribution in [2.45, 2.75) is 25.2 Å². The number of likely N-dealkylation sites (tertiary alicyclic amines) is 1. The summed E-state index contributed by atoms with van der Waals surface area (Å²) in [5.74, 6) is 0.934. The molecule has 5 heterocycles. The lowest BCUT2D eigenvalue weighted by Gasteiger charge is -2.20. The number of hydrogen-bond acceptors (Lipinski definition) is 8. The summed E-state index contributed by atoms with van der Waals surface area (Å²) in [4.78, 5) is 14.6. The van der Waals surface area contributed by atoms with E-state index in [0.717, 1.165) is 6.07 Å². The standard InChI is InChI=1S/C25H22ClF3N8O2/c1-35-22-21(26)20(39-19-11-32-37-7-5-30-9-18(19)37)10-31-23(22)34-24(35)33-15-3-2-14(17(8-15)25(27,28)29)12-36-6-4-16(38)13-36/h2-3,5,7-11,16,38H,4,6,12-13H2,1H3,(H,31,33,34)/t16-/m0/s1. The fraction of sp³-hybridized carbons (Fsp3) is 0.280. The van der Waals surface area contributed by atoms with E-state index < -0.39 is 17.8 Å². The number of aliphatic hydroxyl groups excluding tert-OH is 1. The van der Waals surface area contributed by atoms with Crippen LogP contribution in [0.25, 0.3) is 16.7 Å². The summed E-state index contributed by atoms with van der Waals surface area (Å²) in [5.41, 5.74) is 0.956. The number of β-amino-alcohol motifs (C(OH)–C–C–N with tert-alkyl or cyclic N) is 1. The third kappa shape index (κ3) is 4.84. The van der Waals surface area contributed by atoms with Gasteiger partial charge in [-0.3, -0.25) is 9.88 Å². The zero-order chi connectivity index (χ0) is 27.3. The molecule has 1 aromatic carbocycles. The molecule has 1 saturated heterocycles. The van der Waals surface area contributed by atoms with Crippen LogP contribution in [0.1, 0.15) is 17.5 Å². The molecule has 1 aliphatic rings. The average Bonchev–Trinajstić information content (AvgIpc) is 3.59. The van der Waals surface area contributed by atoms with Crippen molar-refractivity contribution in [2.24, 2.45) is 7.05 Å². The van der Waals surface area contributed by atoms with Crippen LogP contribution >= 0.6 is 11.6 Å². The SMILES string of the molecule is Cn1c(Nc2ccc(CN3CC[C@H](O)C3)c(C(F)(F)F)c2)nc2ncc(Oc3cnn4ccncc34)c(Cl)c21. The smallest absolute Gasteiger partial charge is 0.416 e. The van der Waals surface area contributed by atoms with Gasteiger partial charge in [-0.25, -0.2) is 9.50 Å². The molecule has 14 heteroatoms. The predicted molar refractivity (Wildman–Crippen MR) is 137 cm³/mol. The lowest BCUT2D eigenvalue weighted by Crippen LogP contribution is -2.23. The first-order valence-corrected chi connectivity index (χ1v) is 12.4. The number of aryl methyl sites for hydroxylation is 1. The summed E-state index contributed by atoms with van der Waals surface area (Å²) < 4.78 is 51.0. The highest BCUT2D eigenvalue weighted by Crippen LogP contribution is 2.38. The molecular weight excluding hydrogens is 537 g/mol. The maximum atomic E-state index is 13.9. The van der Waals surface area contributed by atoms with E-state index in [9.17, 15) is 18.3 Å². The average molecular weight is 559 g/mol. The van der Waals surface area contributed by atoms with Crippen molar-refractivity contribution < 1.29 is 23.0 Å². The van der Waals surface area contributed by atoms with Gasteiger partial charge in [-0.2, -0.15) is 23.3 Å². The van der Waals surface area contributed by atoms with Crippen LogP contribution in [0, 0.1) is 0 Å². The predicted octanol–water partition coefficient (Wildman–Crippen LogP) is 4.79. The topological polar surface area (TPSA) is 106 Å². The number of rotatable bonds is 6. The van der Waals surface area contributed by atoms with Crippen LogP contribution in [-0.4, -0.2) is 58.3 Å². The molecule has 1 aliphatic heterocycles. The summed E-state index contributed by atoms with van der Waals surface area (Å²) >= 11 is 6.66. The number of nitrogens with zero attached hydrogens (tertiary/aromatic N) is 7. The summed E-state index contributed by atoms with van der Waals surface area (Å²) in [6, 6.07) is 4.07. The number of ether oxygens (including phenoxy) is 1. The Labute approximate surface area is 224 Å². The Morgan fingerprint density at radius 1 is 1.21 bits per heavy atom. The molecule has 1 fully saturated rings. The van der Waals surface area contributed by atoms with Gasteiger partial charge in [-0.15, -0.1) is 0 Å². The zero-order valence-corrected chi connectivity index (χ0v) is 21.3. The van der Waals surface area contributed by atoms with Gasteiger partial charge >= 0.3 is 6.18 Å². The number of alkyl halides is 3. The van der Waals surface area contributed by atoms with Crippen LogP contribution in [0.3, 0.4) is 0 Å². The fourth-order valence-corrected chi connectivity index (χ4v) is 4.99. The Balaban J connectivity index is 1.29. The van der Waals surface area contributed by atoms with Crippen molar-refractivity contribution in [3.05, 3.63) is 65.3 Å². The number of aromatic nitrogens is 6. The van der Waals surface area contributed by atoms with Crippen molar-refractivity contribution >= 4 is 39.9 Å². The molecule has 10 nitrogen and oxygen atoms in total. The lowest BCUT2D eigenvalue weighted by molar-refractivity contribution is -0.138. The molecule has 4 aromatic heterocycles. The Hall–Kier alpha value is -3.94. The minimum Gasteiger partial charge on any atom is -0.450 e. The third-order valence-electron chi connectivity index (χ3n) is 6.63. The Morgan fingerprint density at radius 2 is 2.05 bits per heavy atom. The highest BCUT2D eigenvalue weighted by molar-refractivity contribution is 6.36. The van der Waals surface area contributed by atoms with Gasteiger partial charge in [0, 0.05) is 44.8 Å². The molecule has 0 radical (unpaired) electrons. The number of imidazole rings is 1. The first-order chi connectivity index (χ1) is 18.7. The molecule has 0 bridgehead atoms. The number of aliphatic hydroxyl groups is 1. The van der Waals surface area contributed by atoms with Gasteiger partial charge in [0.15, 0.2) is 17.1 Å². The molecule has 0 amide bonds. The maximum Gasteiger partial charge on any atom is 0.416 e. The van der Waals surface area contributed by atoms with Crippen LogP contribution in [0.2, 0.25) is 5.02 Å². The van der Waals surface area contributed by atoms with E-state index >= 15 is 0 Å². The maximum absolute atomic E-state index is 13.9. The monoisotopic (exact) mass is 558 g/mol. The van der Waals surface area contributed by atoms with E-state index in [4.69, 9.17) is 16.3 Å². The molecule has 5 aromatic rings. The van der Waals surface area contributed by atoms with Crippen molar-refractivity contribution in [3.8, 4) is 11.5 Å². The molecule has 2 N–H and O–H groups in total. The van der Waals surface area contributed by atoms with Gasteiger partial charge in [0.1, 0.15) is 16.1 Å². The van der Waals surface area contributed by atoms with E-state index in [0.29, 0.717) is 41.9 Å². The van der Waals surface area contributed by atoms with Gasteiger partial charge in [-0.1, -0.05) is 17.7 Å². The van der Waals surface area contributed by atoms with Gasteiger partial charge in [0.05, 0.1) is 30.3 Å². The van der Waals surface area contributed by atoms with Crippen LogP contribution in [0.5, 0.6) is 11.5 Å². The summed E-state index contributed by atoms with van der Waals surface area (Å²) in [6.07, 6.45) is 3.31. The minimum absolute atomic E-state index is 0.101. The first kappa shape index (κ1) is 25.3. The number of pyridine rings is 1. The van der Waals surface area contributed by atoms with Gasteiger partial charge in [0.2, 0.25) is 5.95 Å². The highest BCUT2D eigenvalue weighted by Gasteiger charge is 2.34. The number of halogens is 4. The van der Waals surface area contributed by atoms with E-state index in [1.165, 1.54) is 18.5 Å². The summed E-state index contributed by atoms with van der Waals surface area (Å²) in [7, 11) is 1.67. The molecule has 0 unspecified atom stereocenters. The van der Waals surface area contributed by atoms with Gasteiger partial charge < -0.3 is 19.7 Å². The van der Waals surface area contributed by atoms with Crippen molar-refractivity contribution in [1.29, 1.82) is 0 Å². The van der Waals surface area contributed by atoms with Crippen LogP contribution in [-0.2, 0) is 19.8 Å². The lowest BCUT2D eigenvalue weighted by atomic mass is 10.1. The molecule has 0 aliphatic carbocycles. The van der Waals surface area contributed by atoms with Crippen molar-refractivity contribution in [1.82, 2.24) is 34.0 Å². The van der Waals surface area contributed by atoms with E-state index in [1.807, 2.05) is 4.90 Å². The number of anilines is 2. The molecule has 0 saturated carbocycles. The second-order valence-electron chi connectivity index (χ2n) is 9.29. The summed E-state index contributed by atoms with van der Waals surface area (Å²) in [6.45, 7) is 1.00. The number of fused-ring (bicyclic) bond motifs is 2. The van der Waals surface area contributed by atoms with Crippen molar-refractivity contribution in [2.75, 3.05) is 18.4 Å². The number of benzene rings is 1. The van der Waals surface area contributed by atoms with Crippen LogP contribution in [0.15, 0.2) is 49.2 Å². The minimum atomic E-state index is -4.55. The second kappa shape index (κ2) is 9.67. The van der Waals surface area contributed by atoms with Crippen molar-refractivity contribution in [3.63, 3.8) is 0 Å². The largest absolute Gasteiger partial charge is 0.450 e. The molecule has 1 atom stereocenters. The third-order valence-corrected chi connectivity index (χ3v) is 6.99. The van der Waals surface area contributed by atoms with Crippen LogP contribution in [0.4, 0.5) is 24.8 Å². The number of hydrogen-bond donors (Lipinski definition) is 2. The molecule has 0 spiro atoms. The Kier molecular flexibility index (Phi) is 6.28. The van der Waals surface area contributed by atoms with E-state index in [1.54, 1.807) is 40.8 Å². The van der Waals surface area contributed by atoms with E-state index in [-0.39, 0.29) is 34.5 Å². The first-order valence-electron chi connectivity index (χ1n) is 12.0. The molecule has 6 rings (SSSR count). The molecule has 202 valence electrons. The highest BCUT2D eigenvalue weighted by atomic mass is 35.5. The second-order valence-corrected chi connectivity index (χ2v) is 9.67.